The van der Waals surface area contributed by atoms with Gasteiger partial charge >= 0.3 is 0 Å². The largest absolute Gasteiger partial charge is 0.378 e. The summed E-state index contributed by atoms with van der Waals surface area (Å²) in [6.07, 6.45) is 7.40. The maximum Gasteiger partial charge on any atom is 0.184 e. The van der Waals surface area contributed by atoms with Crippen LogP contribution in [0.25, 0.3) is 16.5 Å². The lowest BCUT2D eigenvalue weighted by Crippen LogP contribution is -2.36. The van der Waals surface area contributed by atoms with Crippen LogP contribution >= 0.6 is 15.9 Å². The molecule has 2 aliphatic carbocycles. The Labute approximate surface area is 159 Å². The highest BCUT2D eigenvalue weighted by atomic mass is 79.9. The fraction of sp³-hybridized carbons (Fsp3) is 0.300. The third-order valence-corrected chi connectivity index (χ3v) is 6.09. The predicted octanol–water partition coefficient (Wildman–Crippen LogP) is 3.60. The summed E-state index contributed by atoms with van der Waals surface area (Å²) in [5.74, 6) is 0.152. The third-order valence-electron chi connectivity index (χ3n) is 5.42. The van der Waals surface area contributed by atoms with Crippen molar-refractivity contribution in [3.63, 3.8) is 0 Å². The molecule has 1 saturated heterocycles. The molecule has 1 aromatic heterocycles. The first-order chi connectivity index (χ1) is 12.7. The summed E-state index contributed by atoms with van der Waals surface area (Å²) < 4.78 is 6.45. The summed E-state index contributed by atoms with van der Waals surface area (Å²) in [4.78, 5) is 15.0. The molecule has 0 spiro atoms. The molecule has 1 fully saturated rings. The lowest BCUT2D eigenvalue weighted by atomic mass is 9.88. The Morgan fingerprint density at radius 3 is 2.88 bits per heavy atom. The number of aromatic nitrogens is 2. The van der Waals surface area contributed by atoms with Gasteiger partial charge in [-0.15, -0.1) is 0 Å². The molecule has 132 valence electrons. The van der Waals surface area contributed by atoms with Gasteiger partial charge in [-0.1, -0.05) is 12.1 Å². The van der Waals surface area contributed by atoms with Crippen molar-refractivity contribution in [3.8, 4) is 0 Å². The minimum absolute atomic E-state index is 0.152. The van der Waals surface area contributed by atoms with Crippen LogP contribution in [0.3, 0.4) is 0 Å². The Morgan fingerprint density at radius 1 is 1.19 bits per heavy atom. The quantitative estimate of drug-likeness (QED) is 0.819. The zero-order chi connectivity index (χ0) is 17.7. The van der Waals surface area contributed by atoms with Crippen molar-refractivity contribution in [1.82, 2.24) is 15.1 Å². The van der Waals surface area contributed by atoms with Crippen molar-refractivity contribution in [1.29, 1.82) is 0 Å². The van der Waals surface area contributed by atoms with Gasteiger partial charge in [0.25, 0.3) is 0 Å². The van der Waals surface area contributed by atoms with E-state index >= 15 is 0 Å². The summed E-state index contributed by atoms with van der Waals surface area (Å²) in [5, 5.41) is 8.33. The highest BCUT2D eigenvalue weighted by molar-refractivity contribution is 9.10. The van der Waals surface area contributed by atoms with Crippen LogP contribution in [-0.4, -0.2) is 47.2 Å². The number of H-pyrrole nitrogens is 1. The van der Waals surface area contributed by atoms with Crippen molar-refractivity contribution in [3.05, 3.63) is 57.4 Å². The molecular weight excluding hydrogens is 394 g/mol. The molecule has 0 saturated carbocycles. The van der Waals surface area contributed by atoms with Gasteiger partial charge < -0.3 is 9.64 Å². The number of hydrogen-bond acceptors (Lipinski definition) is 4. The first kappa shape index (κ1) is 16.0. The molecule has 0 atom stereocenters. The fourth-order valence-corrected chi connectivity index (χ4v) is 4.53. The van der Waals surface area contributed by atoms with Gasteiger partial charge in [-0.3, -0.25) is 9.89 Å². The number of halogens is 1. The predicted molar refractivity (Wildman–Crippen MR) is 104 cm³/mol. The van der Waals surface area contributed by atoms with Crippen molar-refractivity contribution < 1.29 is 9.53 Å². The number of hydrogen-bond donors (Lipinski definition) is 1. The standard InChI is InChI=1S/C20H18BrN3O2/c21-18-4-3-14(17-11-22-23-20(17)18)13-1-2-15-16(13)9-12(10-19(15)25)24-5-7-26-8-6-24/h1,3-4,10-11H,2,5-9H2,(H,22,23). The lowest BCUT2D eigenvalue weighted by Gasteiger charge is -2.33. The summed E-state index contributed by atoms with van der Waals surface area (Å²) in [6.45, 7) is 3.15. The van der Waals surface area contributed by atoms with Crippen LogP contribution in [0.1, 0.15) is 18.4 Å². The van der Waals surface area contributed by atoms with Gasteiger partial charge in [-0.2, -0.15) is 5.10 Å². The van der Waals surface area contributed by atoms with Gasteiger partial charge in [-0.25, -0.2) is 0 Å². The van der Waals surface area contributed by atoms with Gasteiger partial charge in [0.1, 0.15) is 0 Å². The molecule has 0 radical (unpaired) electrons. The molecule has 3 aliphatic rings. The molecule has 5 nitrogen and oxygen atoms in total. The Kier molecular flexibility index (Phi) is 3.83. The van der Waals surface area contributed by atoms with Crippen molar-refractivity contribution in [2.45, 2.75) is 12.8 Å². The van der Waals surface area contributed by atoms with Gasteiger partial charge in [0.15, 0.2) is 5.78 Å². The van der Waals surface area contributed by atoms with Gasteiger partial charge in [0.2, 0.25) is 0 Å². The molecule has 2 aromatic rings. The zero-order valence-electron chi connectivity index (χ0n) is 14.2. The summed E-state index contributed by atoms with van der Waals surface area (Å²) >= 11 is 3.57. The monoisotopic (exact) mass is 411 g/mol. The van der Waals surface area contributed by atoms with E-state index in [9.17, 15) is 4.79 Å². The number of morpholine rings is 1. The van der Waals surface area contributed by atoms with E-state index in [1.165, 1.54) is 11.1 Å². The highest BCUT2D eigenvalue weighted by Gasteiger charge is 2.30. The number of aromatic amines is 1. The second kappa shape index (κ2) is 6.21. The van der Waals surface area contributed by atoms with Crippen molar-refractivity contribution in [2.75, 3.05) is 26.3 Å². The van der Waals surface area contributed by atoms with Gasteiger partial charge in [0.05, 0.1) is 24.9 Å². The maximum atomic E-state index is 12.7. The van der Waals surface area contributed by atoms with Crippen LogP contribution in [0.4, 0.5) is 0 Å². The average Bonchev–Trinajstić information content (AvgIpc) is 3.31. The molecule has 5 rings (SSSR count). The molecular formula is C20H18BrN3O2. The first-order valence-corrected chi connectivity index (χ1v) is 9.64. The Bertz CT molecular complexity index is 1010. The third kappa shape index (κ3) is 2.47. The number of carbonyl (C=O) groups excluding carboxylic acids is 1. The number of rotatable bonds is 2. The summed E-state index contributed by atoms with van der Waals surface area (Å²) in [5.41, 5.74) is 6.53. The molecule has 0 unspecified atom stereocenters. The molecule has 1 aromatic carbocycles. The SMILES string of the molecule is O=C1C=C(N2CCOCC2)CC2=C1CC=C2c1ccc(Br)c2[nH]ncc12. The number of ether oxygens (including phenoxy) is 1. The number of nitrogens with zero attached hydrogens (tertiary/aromatic N) is 2. The average molecular weight is 412 g/mol. The fourth-order valence-electron chi connectivity index (χ4n) is 4.10. The molecule has 2 heterocycles. The number of fused-ring (bicyclic) bond motifs is 1. The van der Waals surface area contributed by atoms with E-state index in [0.29, 0.717) is 6.42 Å². The lowest BCUT2D eigenvalue weighted by molar-refractivity contribution is -0.111. The number of ketones is 1. The van der Waals surface area contributed by atoms with Gasteiger partial charge in [0, 0.05) is 46.7 Å². The second-order valence-corrected chi connectivity index (χ2v) is 7.66. The van der Waals surface area contributed by atoms with E-state index < -0.39 is 0 Å². The Balaban J connectivity index is 1.53. The van der Waals surface area contributed by atoms with Crippen LogP contribution in [0, 0.1) is 0 Å². The maximum absolute atomic E-state index is 12.7. The van der Waals surface area contributed by atoms with Gasteiger partial charge in [-0.05, 0) is 45.1 Å². The molecule has 0 bridgehead atoms. The molecule has 0 amide bonds. The first-order valence-electron chi connectivity index (χ1n) is 8.84. The minimum Gasteiger partial charge on any atom is -0.378 e. The van der Waals surface area contributed by atoms with E-state index in [-0.39, 0.29) is 5.78 Å². The van der Waals surface area contributed by atoms with E-state index in [1.807, 2.05) is 18.3 Å². The topological polar surface area (TPSA) is 58.2 Å². The minimum atomic E-state index is 0.152. The van der Waals surface area contributed by atoms with Crippen LogP contribution in [0.2, 0.25) is 0 Å². The van der Waals surface area contributed by atoms with Crippen LogP contribution in [0.15, 0.2) is 51.8 Å². The summed E-state index contributed by atoms with van der Waals surface area (Å²) in [6, 6.07) is 4.15. The Hall–Kier alpha value is -2.18. The normalized spacial score (nSPS) is 20.5. The molecule has 1 aliphatic heterocycles. The molecule has 26 heavy (non-hydrogen) atoms. The smallest absolute Gasteiger partial charge is 0.184 e. The van der Waals surface area contributed by atoms with E-state index in [4.69, 9.17) is 4.74 Å². The molecule has 6 heteroatoms. The number of carbonyl (C=O) groups is 1. The summed E-state index contributed by atoms with van der Waals surface area (Å²) in [7, 11) is 0. The van der Waals surface area contributed by atoms with Crippen molar-refractivity contribution >= 4 is 38.2 Å². The number of benzene rings is 1. The zero-order valence-corrected chi connectivity index (χ0v) is 15.8. The molecule has 1 N–H and O–H groups in total. The second-order valence-electron chi connectivity index (χ2n) is 6.81. The van der Waals surface area contributed by atoms with E-state index in [0.717, 1.165) is 64.9 Å². The highest BCUT2D eigenvalue weighted by Crippen LogP contribution is 2.43. The van der Waals surface area contributed by atoms with Crippen molar-refractivity contribution in [2.24, 2.45) is 0 Å². The van der Waals surface area contributed by atoms with Crippen LogP contribution in [-0.2, 0) is 9.53 Å². The van der Waals surface area contributed by atoms with Crippen LogP contribution < -0.4 is 0 Å². The van der Waals surface area contributed by atoms with E-state index in [2.05, 4.69) is 43.2 Å². The number of nitrogens with one attached hydrogen (secondary N) is 1. The van der Waals surface area contributed by atoms with Crippen LogP contribution in [0.5, 0.6) is 0 Å². The number of allylic oxidation sites excluding steroid dienone is 5. The van der Waals surface area contributed by atoms with E-state index in [1.54, 1.807) is 0 Å². The Morgan fingerprint density at radius 2 is 2.04 bits per heavy atom.